The molecule has 0 aliphatic rings. The average molecular weight is 273 g/mol. The highest BCUT2D eigenvalue weighted by atomic mass is 32.2. The van der Waals surface area contributed by atoms with E-state index in [0.29, 0.717) is 24.5 Å². The van der Waals surface area contributed by atoms with E-state index < -0.39 is 10.0 Å². The number of unbranched alkanes of at least 4 members (excludes halogenated alkanes) is 1. The fourth-order valence-corrected chi connectivity index (χ4v) is 3.30. The van der Waals surface area contributed by atoms with E-state index in [9.17, 15) is 8.42 Å². The minimum absolute atomic E-state index is 0.353. The second-order valence-electron chi connectivity index (χ2n) is 4.24. The summed E-state index contributed by atoms with van der Waals surface area (Å²) in [6, 6.07) is 1.69. The Morgan fingerprint density at radius 1 is 1.39 bits per heavy atom. The molecule has 0 aliphatic carbocycles. The number of nitrogens with zero attached hydrogens (tertiary/aromatic N) is 1. The second-order valence-corrected chi connectivity index (χ2v) is 6.18. The zero-order valence-corrected chi connectivity index (χ0v) is 12.2. The van der Waals surface area contributed by atoms with Crippen LogP contribution in [0.25, 0.3) is 0 Å². The third-order valence-corrected chi connectivity index (χ3v) is 4.79. The molecule has 6 heteroatoms. The summed E-state index contributed by atoms with van der Waals surface area (Å²) in [6.45, 7) is 5.66. The van der Waals surface area contributed by atoms with E-state index in [1.807, 2.05) is 14.0 Å². The number of rotatable bonds is 8. The first-order chi connectivity index (χ1) is 8.56. The topological polar surface area (TPSA) is 65.2 Å². The monoisotopic (exact) mass is 273 g/mol. The summed E-state index contributed by atoms with van der Waals surface area (Å²) in [5.74, 6) is 0. The first kappa shape index (κ1) is 15.2. The maximum absolute atomic E-state index is 12.4. The molecule has 1 heterocycles. The van der Waals surface area contributed by atoms with Gasteiger partial charge in [-0.3, -0.25) is 0 Å². The van der Waals surface area contributed by atoms with Crippen LogP contribution in [0.3, 0.4) is 0 Å². The molecular formula is C12H23N3O2S. The summed E-state index contributed by atoms with van der Waals surface area (Å²) in [6.07, 6.45) is 3.45. The van der Waals surface area contributed by atoms with Crippen molar-refractivity contribution in [1.82, 2.24) is 14.6 Å². The number of sulfonamides is 1. The van der Waals surface area contributed by atoms with E-state index in [0.717, 1.165) is 18.5 Å². The molecule has 0 aliphatic heterocycles. The third-order valence-electron chi connectivity index (χ3n) is 2.84. The first-order valence-corrected chi connectivity index (χ1v) is 7.82. The van der Waals surface area contributed by atoms with Crippen LogP contribution < -0.4 is 5.32 Å². The fourth-order valence-electron chi connectivity index (χ4n) is 1.79. The summed E-state index contributed by atoms with van der Waals surface area (Å²) in [5.41, 5.74) is 0.877. The lowest BCUT2D eigenvalue weighted by Gasteiger charge is -2.19. The predicted octanol–water partition coefficient (Wildman–Crippen LogP) is 1.54. The van der Waals surface area contributed by atoms with Crippen molar-refractivity contribution < 1.29 is 8.42 Å². The number of hydrogen-bond donors (Lipinski definition) is 2. The normalized spacial score (nSPS) is 12.2. The van der Waals surface area contributed by atoms with Crippen molar-refractivity contribution in [3.63, 3.8) is 0 Å². The molecule has 0 amide bonds. The molecular weight excluding hydrogens is 250 g/mol. The molecule has 0 saturated heterocycles. The Morgan fingerprint density at radius 2 is 2.11 bits per heavy atom. The molecule has 0 spiro atoms. The summed E-state index contributed by atoms with van der Waals surface area (Å²) >= 11 is 0. The zero-order valence-electron chi connectivity index (χ0n) is 11.4. The number of hydrogen-bond acceptors (Lipinski definition) is 3. The molecule has 0 radical (unpaired) electrons. The standard InChI is InChI=1S/C12H23N3O2S/c1-4-6-7-15(5-2)18(16,17)12-8-11(9-13-3)14-10-12/h8,10,13-14H,4-7,9H2,1-3H3. The van der Waals surface area contributed by atoms with E-state index in [1.165, 1.54) is 4.31 Å². The van der Waals surface area contributed by atoms with Gasteiger partial charge in [-0.15, -0.1) is 0 Å². The van der Waals surface area contributed by atoms with E-state index in [4.69, 9.17) is 0 Å². The quantitative estimate of drug-likeness (QED) is 0.755. The Hall–Kier alpha value is -0.850. The highest BCUT2D eigenvalue weighted by molar-refractivity contribution is 7.89. The van der Waals surface area contributed by atoms with E-state index in [1.54, 1.807) is 12.3 Å². The van der Waals surface area contributed by atoms with Gasteiger partial charge in [-0.05, 0) is 19.5 Å². The van der Waals surface area contributed by atoms with Crippen LogP contribution in [0, 0.1) is 0 Å². The molecule has 0 bridgehead atoms. The molecule has 1 rings (SSSR count). The van der Waals surface area contributed by atoms with Crippen LogP contribution >= 0.6 is 0 Å². The van der Waals surface area contributed by atoms with Crippen LogP contribution in [-0.2, 0) is 16.6 Å². The van der Waals surface area contributed by atoms with Crippen LogP contribution in [0.5, 0.6) is 0 Å². The van der Waals surface area contributed by atoms with Gasteiger partial charge in [0.1, 0.15) is 0 Å². The lowest BCUT2D eigenvalue weighted by molar-refractivity contribution is 0.419. The Balaban J connectivity index is 2.88. The molecule has 5 nitrogen and oxygen atoms in total. The van der Waals surface area contributed by atoms with E-state index in [-0.39, 0.29) is 0 Å². The van der Waals surface area contributed by atoms with Gasteiger partial charge in [0.15, 0.2) is 0 Å². The largest absolute Gasteiger partial charge is 0.363 e. The van der Waals surface area contributed by atoms with Crippen LogP contribution in [-0.4, -0.2) is 37.8 Å². The van der Waals surface area contributed by atoms with E-state index in [2.05, 4.69) is 17.2 Å². The van der Waals surface area contributed by atoms with Crippen LogP contribution in [0.1, 0.15) is 32.4 Å². The lowest BCUT2D eigenvalue weighted by Crippen LogP contribution is -2.31. The molecule has 0 unspecified atom stereocenters. The maximum Gasteiger partial charge on any atom is 0.244 e. The number of nitrogens with one attached hydrogen (secondary N) is 2. The summed E-state index contributed by atoms with van der Waals surface area (Å²) in [4.78, 5) is 3.33. The van der Waals surface area contributed by atoms with Crippen molar-refractivity contribution in [2.45, 2.75) is 38.1 Å². The molecule has 18 heavy (non-hydrogen) atoms. The molecule has 1 aromatic heterocycles. The highest BCUT2D eigenvalue weighted by Crippen LogP contribution is 2.17. The fraction of sp³-hybridized carbons (Fsp3) is 0.667. The van der Waals surface area contributed by atoms with Crippen LogP contribution in [0.4, 0.5) is 0 Å². The Kier molecular flexibility index (Phi) is 5.84. The average Bonchev–Trinajstić information content (AvgIpc) is 2.79. The Morgan fingerprint density at radius 3 is 2.67 bits per heavy atom. The minimum Gasteiger partial charge on any atom is -0.363 e. The SMILES string of the molecule is CCCCN(CC)S(=O)(=O)c1c[nH]c(CNC)c1. The summed E-state index contributed by atoms with van der Waals surface area (Å²) in [5, 5.41) is 2.99. The second kappa shape index (κ2) is 6.92. The molecule has 0 saturated carbocycles. The molecule has 104 valence electrons. The van der Waals surface area contributed by atoms with Crippen molar-refractivity contribution in [2.75, 3.05) is 20.1 Å². The number of aromatic nitrogens is 1. The Bertz CT molecular complexity index is 454. The van der Waals surface area contributed by atoms with Crippen molar-refractivity contribution in [3.05, 3.63) is 18.0 Å². The van der Waals surface area contributed by atoms with Crippen molar-refractivity contribution in [1.29, 1.82) is 0 Å². The smallest absolute Gasteiger partial charge is 0.244 e. The van der Waals surface area contributed by atoms with Gasteiger partial charge < -0.3 is 10.3 Å². The van der Waals surface area contributed by atoms with Gasteiger partial charge in [0.05, 0.1) is 4.90 Å². The minimum atomic E-state index is -3.35. The van der Waals surface area contributed by atoms with E-state index >= 15 is 0 Å². The molecule has 1 aromatic rings. The molecule has 0 aromatic carbocycles. The molecule has 0 fully saturated rings. The van der Waals surface area contributed by atoms with Gasteiger partial charge in [0.2, 0.25) is 10.0 Å². The third kappa shape index (κ3) is 3.57. The number of H-pyrrole nitrogens is 1. The van der Waals surface area contributed by atoms with Crippen molar-refractivity contribution in [2.24, 2.45) is 0 Å². The zero-order chi connectivity index (χ0) is 13.6. The lowest BCUT2D eigenvalue weighted by atomic mass is 10.3. The van der Waals surface area contributed by atoms with Gasteiger partial charge in [0, 0.05) is 31.5 Å². The van der Waals surface area contributed by atoms with Gasteiger partial charge in [-0.25, -0.2) is 8.42 Å². The molecule has 0 atom stereocenters. The Labute approximate surface area is 110 Å². The van der Waals surface area contributed by atoms with Crippen molar-refractivity contribution in [3.8, 4) is 0 Å². The van der Waals surface area contributed by atoms with Crippen LogP contribution in [0.15, 0.2) is 17.2 Å². The number of aromatic amines is 1. The van der Waals surface area contributed by atoms with Gasteiger partial charge in [-0.1, -0.05) is 20.3 Å². The summed E-state index contributed by atoms with van der Waals surface area (Å²) < 4.78 is 26.3. The van der Waals surface area contributed by atoms with Crippen molar-refractivity contribution >= 4 is 10.0 Å². The van der Waals surface area contributed by atoms with Gasteiger partial charge in [0.25, 0.3) is 0 Å². The van der Waals surface area contributed by atoms with Gasteiger partial charge >= 0.3 is 0 Å². The summed E-state index contributed by atoms with van der Waals surface area (Å²) in [7, 11) is -1.52. The first-order valence-electron chi connectivity index (χ1n) is 6.38. The van der Waals surface area contributed by atoms with Gasteiger partial charge in [-0.2, -0.15) is 4.31 Å². The highest BCUT2D eigenvalue weighted by Gasteiger charge is 2.23. The van der Waals surface area contributed by atoms with Crippen LogP contribution in [0.2, 0.25) is 0 Å². The maximum atomic E-state index is 12.4. The molecule has 2 N–H and O–H groups in total. The predicted molar refractivity (Wildman–Crippen MR) is 72.9 cm³/mol.